The molecule has 0 aromatic carbocycles. The average molecular weight is 2170 g/mol. The number of methoxy groups -OCH3 is 3. The van der Waals surface area contributed by atoms with Crippen LogP contribution in [0, 0.1) is 27.7 Å². The van der Waals surface area contributed by atoms with Crippen molar-refractivity contribution >= 4 is 191 Å². The van der Waals surface area contributed by atoms with Gasteiger partial charge < -0.3 is 0 Å². The van der Waals surface area contributed by atoms with E-state index in [2.05, 4.69) is 96.9 Å². The van der Waals surface area contributed by atoms with Crippen molar-refractivity contribution < 1.29 is 55.7 Å². The number of carbonyl (C=O) groups is 4. The molecule has 12 aliphatic heterocycles. The molecule has 12 aliphatic rings. The predicted molar refractivity (Wildman–Crippen MR) is 541 cm³/mol. The van der Waals surface area contributed by atoms with Gasteiger partial charge in [0.1, 0.15) is 0 Å². The van der Waals surface area contributed by atoms with Crippen LogP contribution in [0.4, 0.5) is 17.2 Å². The van der Waals surface area contributed by atoms with Crippen LogP contribution in [0.2, 0.25) is 0 Å². The third-order valence-electron chi connectivity index (χ3n) is 29.6. The van der Waals surface area contributed by atoms with Gasteiger partial charge in [-0.15, -0.1) is 0 Å². The van der Waals surface area contributed by atoms with E-state index in [0.717, 1.165) is 162 Å². The van der Waals surface area contributed by atoms with Crippen molar-refractivity contribution in [2.24, 2.45) is 30.0 Å². The van der Waals surface area contributed by atoms with Gasteiger partial charge in [-0.25, -0.2) is 0 Å². The van der Waals surface area contributed by atoms with Crippen molar-refractivity contribution in [3.05, 3.63) is 234 Å². The normalized spacial score (nSPS) is 17.7. The fraction of sp³-hybridized carbons (Fsp3) is 0.402. The number of allylic oxidation sites excluding steroid dienone is 12. The molecule has 0 amide bonds. The van der Waals surface area contributed by atoms with E-state index in [1.807, 2.05) is 76.3 Å². The number of carboxylic acids is 1. The fourth-order valence-corrected chi connectivity index (χ4v) is 41.5. The van der Waals surface area contributed by atoms with Crippen LogP contribution in [0.3, 0.4) is 0 Å². The summed E-state index contributed by atoms with van der Waals surface area (Å²) in [5.74, 6) is -2.43. The first kappa shape index (κ1) is 98.7. The number of fused-ring (bicyclic) bond motifs is 6. The molecular weight excluding hydrogens is 2050 g/mol. The molecule has 712 valence electrons. The van der Waals surface area contributed by atoms with Crippen LogP contribution in [0.25, 0.3) is 72.9 Å². The van der Waals surface area contributed by atoms with Crippen LogP contribution in [0.15, 0.2) is 131 Å². The summed E-state index contributed by atoms with van der Waals surface area (Å²) in [5, 5.41) is 12.6. The Labute approximate surface area is 809 Å². The molecule has 18 bridgehead atoms. The number of hydrogen-bond donors (Lipinski definition) is 1. The number of esters is 3. The summed E-state index contributed by atoms with van der Waals surface area (Å²) in [4.78, 5) is 79.5. The fourth-order valence-electron chi connectivity index (χ4n) is 22.6. The number of carbonyl (C=O) groups excluding carboxylic acids is 3. The Kier molecular flexibility index (Phi) is 27.9. The number of nitrogens with zero attached hydrogens (tertiary/aromatic N) is 12. The number of aliphatic imine (C=N–C) groups is 6. The number of rotatable bonds is 24. The minimum absolute atomic E-state index is 0.0249. The molecule has 18 heterocycles. The average Bonchev–Trinajstić information content (AvgIpc) is 1.56. The second kappa shape index (κ2) is 38.4. The molecule has 136 heavy (non-hydrogen) atoms. The summed E-state index contributed by atoms with van der Waals surface area (Å²) >= 11 is -19.9. The van der Waals surface area contributed by atoms with E-state index in [1.54, 1.807) is 38.2 Å². The number of ether oxygens (including phenoxy) is 3. The summed E-state index contributed by atoms with van der Waals surface area (Å²) in [7, 11) is 3.88. The zero-order chi connectivity index (χ0) is 98.0. The Morgan fingerprint density at radius 3 is 0.985 bits per heavy atom. The van der Waals surface area contributed by atoms with Gasteiger partial charge in [0.15, 0.2) is 0 Å². The third-order valence-corrected chi connectivity index (χ3v) is 47.0. The van der Waals surface area contributed by atoms with E-state index < -0.39 is 84.1 Å². The maximum absolute atomic E-state index is 18.4. The van der Waals surface area contributed by atoms with Crippen LogP contribution in [-0.4, -0.2) is 162 Å². The topological polar surface area (TPSA) is 220 Å². The van der Waals surface area contributed by atoms with Gasteiger partial charge in [-0.2, -0.15) is 0 Å². The Morgan fingerprint density at radius 2 is 0.551 bits per heavy atom. The first-order chi connectivity index (χ1) is 64.9. The number of aromatic nitrogens is 6. The van der Waals surface area contributed by atoms with E-state index in [9.17, 15) is 24.3 Å². The molecule has 20 nitrogen and oxygen atoms in total. The molecule has 0 saturated carbocycles. The molecule has 18 rings (SSSR count). The van der Waals surface area contributed by atoms with Crippen LogP contribution in [0.5, 0.6) is 0 Å². The summed E-state index contributed by atoms with van der Waals surface area (Å²) in [6, 6.07) is 0. The molecule has 0 unspecified atom stereocenters. The van der Waals surface area contributed by atoms with Crippen LogP contribution in [-0.2, 0) is 84.8 Å². The van der Waals surface area contributed by atoms with Crippen molar-refractivity contribution in [2.75, 3.05) is 21.3 Å². The molecule has 1 N–H and O–H groups in total. The molecule has 29 heteroatoms. The van der Waals surface area contributed by atoms with Gasteiger partial charge in [0, 0.05) is 0 Å². The Hall–Kier alpha value is -10.3. The summed E-state index contributed by atoms with van der Waals surface area (Å²) in [5.41, 5.74) is 33.0. The minimum atomic E-state index is -7.02. The second-order valence-electron chi connectivity index (χ2n) is 36.2. The Morgan fingerprint density at radius 1 is 0.265 bits per heavy atom. The molecule has 0 aliphatic carbocycles. The molecule has 0 atom stereocenters. The molecule has 0 spiro atoms. The van der Waals surface area contributed by atoms with Crippen molar-refractivity contribution in [2.45, 2.75) is 267 Å². The van der Waals surface area contributed by atoms with Gasteiger partial charge in [0.05, 0.1) is 0 Å². The number of carboxylic acid groups (broad SMARTS) is 1. The quantitative estimate of drug-likeness (QED) is 0.0265. The first-order valence-electron chi connectivity index (χ1n) is 48.2. The van der Waals surface area contributed by atoms with Crippen molar-refractivity contribution in [3.63, 3.8) is 0 Å². The second-order valence-corrected chi connectivity index (χ2v) is 52.6. The van der Waals surface area contributed by atoms with Gasteiger partial charge in [-0.1, -0.05) is 0 Å². The number of aliphatic carboxylic acids is 1. The van der Waals surface area contributed by atoms with Crippen molar-refractivity contribution in [3.8, 4) is 0 Å². The zero-order valence-electron chi connectivity index (χ0n) is 82.5. The summed E-state index contributed by atoms with van der Waals surface area (Å²) in [6.45, 7) is 40.7. The first-order valence-corrected chi connectivity index (χ1v) is 62.3. The van der Waals surface area contributed by atoms with Crippen molar-refractivity contribution in [1.29, 1.82) is 0 Å². The standard InChI is InChI=1S/C39H43N4O8.C36H44N4.C32H36N4.6FH.3Sn/c1-20-24(8-12-36(44)45)34-19-35-27(11-15-39(48)51-7)23(4)31(43-35)18-33-26(10-14-38(47)50-6)22(3)30(42-33)17-32-25(9-13-37(46)49-5)21(2)29(40-32)16-28(20)41-34;1-9-21-22(10-2)30-18-32-25(13-5)26(14-6)34(39-32)20-36-28(16-8)27(15-7)35(40-36)19-33-24(12-4)23(11-3)31(38-33)17-29(21)37-30;1-9-21-17(5)25-14-30-23(11-3)19(7)27(35-30)16-32-24(12-4)20(8)28(36-32)15-31-22(10-2)18(6)26(34-31)13-29(21)33-25;;;;;;;;;/h16-19H,8-15H2,1-7H3,(H2-,40,41,42,43,44,45);17-20H,9-16H2,1-8H3;13-16H,9-12H2,1-8H3;6*1H;;;/q-1;2*-2;;;;;;;3*+4/p-7. The van der Waals surface area contributed by atoms with Gasteiger partial charge >= 0.3 is 816 Å². The van der Waals surface area contributed by atoms with E-state index in [0.29, 0.717) is 144 Å². The number of halogens is 6. The monoisotopic (exact) mass is 2180 g/mol. The molecule has 0 saturated heterocycles. The van der Waals surface area contributed by atoms with Crippen LogP contribution >= 0.6 is 0 Å². The SMILES string of the molecule is CCC1=C(C)C2=NC1=Cc1c(C)c(CC)c3[n]1[Sn]([F])([F])[n]1c(c(C)c(CC)c1=C2)=CC1=NC(=C3)C(C)=C1CC.CCC1=C(CC)C2=NC1=Cc1c(CC)c(CC)c3[n]1[Sn]([F])([F])[n]1c(c(CC)c(CC)c1=CC1=NC(=C3)C(CC)=C1CC)=C2.COC(=O)CCC1=C(C)C2=NC1=Cc1c(C)c(CCC(=O)OC)c3[n]1[Sn]([F])([F])[n]1c(c(C)c(CCC(=O)O)c1=CC1=NC(=C3)C(C)=C1CCC(=O)OC)=C2. The zero-order valence-corrected chi connectivity index (χ0v) is 91.1. The van der Waals surface area contributed by atoms with Crippen molar-refractivity contribution in [1.82, 2.24) is 16.7 Å². The van der Waals surface area contributed by atoms with Crippen LogP contribution < -0.4 is 32.1 Å². The molecular formula is C107H122F6N12O8Sn3. The third kappa shape index (κ3) is 16.1. The Balaban J connectivity index is 0.000000150. The van der Waals surface area contributed by atoms with E-state index in [-0.39, 0.29) is 73.5 Å². The van der Waals surface area contributed by atoms with E-state index >= 15 is 17.2 Å². The van der Waals surface area contributed by atoms with Gasteiger partial charge in [0.2, 0.25) is 0 Å². The van der Waals surface area contributed by atoms with Gasteiger partial charge in [0.25, 0.3) is 0 Å². The number of hydrogen-bond acceptors (Lipinski definition) is 13. The van der Waals surface area contributed by atoms with Gasteiger partial charge in [-0.05, 0) is 0 Å². The maximum atomic E-state index is 18.4. The predicted octanol–water partition coefficient (Wildman–Crippen LogP) is 18.7. The van der Waals surface area contributed by atoms with Crippen LogP contribution in [0.1, 0.15) is 289 Å². The van der Waals surface area contributed by atoms with E-state index in [1.165, 1.54) is 54.8 Å². The Bertz CT molecular complexity index is 7270. The summed E-state index contributed by atoms with van der Waals surface area (Å²) in [6.07, 6.45) is 31.5. The van der Waals surface area contributed by atoms with Gasteiger partial charge in [-0.3, -0.25) is 0 Å². The van der Waals surface area contributed by atoms with E-state index in [4.69, 9.17) is 44.2 Å². The summed E-state index contributed by atoms with van der Waals surface area (Å²) < 4.78 is 131. The molecule has 6 aromatic rings. The molecule has 6 aromatic heterocycles. The molecule has 0 fully saturated rings. The molecule has 0 radical (unpaired) electrons.